The van der Waals surface area contributed by atoms with Gasteiger partial charge in [0.25, 0.3) is 0 Å². The van der Waals surface area contributed by atoms with Crippen molar-refractivity contribution < 1.29 is 18.9 Å². The fourth-order valence-electron chi connectivity index (χ4n) is 1.72. The normalized spacial score (nSPS) is 12.0. The van der Waals surface area contributed by atoms with Crippen molar-refractivity contribution in [3.05, 3.63) is 23.8 Å². The second-order valence-corrected chi connectivity index (χ2v) is 4.78. The molecule has 0 heterocycles. The Morgan fingerprint density at radius 3 is 2.84 bits per heavy atom. The Hall–Kier alpha value is -1.28. The van der Waals surface area contributed by atoms with Crippen molar-refractivity contribution in [2.75, 3.05) is 7.11 Å². The van der Waals surface area contributed by atoms with E-state index in [-0.39, 0.29) is 11.9 Å². The zero-order chi connectivity index (χ0) is 14.3. The number of carbonyl (C=O) groups excluding carboxylic acids is 1. The van der Waals surface area contributed by atoms with Gasteiger partial charge in [0.1, 0.15) is 5.75 Å². The minimum Gasteiger partial charge on any atom is -0.495 e. The van der Waals surface area contributed by atoms with Crippen LogP contribution in [0.2, 0.25) is 0 Å². The number of hydrogen-bond acceptors (Lipinski definition) is 6. The number of carbonyl (C=O) groups is 1. The van der Waals surface area contributed by atoms with Crippen LogP contribution in [-0.2, 0) is 20.5 Å². The van der Waals surface area contributed by atoms with Gasteiger partial charge in [-0.15, -0.1) is 9.32 Å². The van der Waals surface area contributed by atoms with Crippen molar-refractivity contribution in [2.45, 2.75) is 31.2 Å². The van der Waals surface area contributed by atoms with Gasteiger partial charge in [-0.1, -0.05) is 6.07 Å². The maximum absolute atomic E-state index is 11.0. The summed E-state index contributed by atoms with van der Waals surface area (Å²) in [6.07, 6.45) is 0.709. The molecule has 0 aromatic heterocycles. The average Bonchev–Trinajstić information content (AvgIpc) is 2.35. The Morgan fingerprint density at radius 2 is 2.26 bits per heavy atom. The second-order valence-electron chi connectivity index (χ2n) is 4.04. The maximum atomic E-state index is 11.0. The third-order valence-corrected chi connectivity index (χ3v) is 3.03. The molecule has 1 rings (SSSR count). The van der Waals surface area contributed by atoms with Crippen molar-refractivity contribution in [3.8, 4) is 5.75 Å². The van der Waals surface area contributed by atoms with E-state index in [4.69, 9.17) is 10.6 Å². The molecule has 0 aliphatic carbocycles. The highest BCUT2D eigenvalue weighted by atomic mass is 32.2. The molecule has 6 nitrogen and oxygen atoms in total. The van der Waals surface area contributed by atoms with Gasteiger partial charge in [0, 0.05) is 13.0 Å². The number of rotatable bonds is 7. The number of hydrogen-bond donors (Lipinski definition) is 2. The van der Waals surface area contributed by atoms with Gasteiger partial charge >= 0.3 is 0 Å². The van der Waals surface area contributed by atoms with E-state index in [2.05, 4.69) is 14.6 Å². The van der Waals surface area contributed by atoms with Crippen molar-refractivity contribution >= 4 is 17.9 Å². The number of benzene rings is 1. The molecule has 7 heteroatoms. The van der Waals surface area contributed by atoms with Crippen LogP contribution in [0.15, 0.2) is 23.1 Å². The van der Waals surface area contributed by atoms with Crippen molar-refractivity contribution in [1.82, 2.24) is 5.32 Å². The largest absolute Gasteiger partial charge is 0.495 e. The average molecular weight is 286 g/mol. The van der Waals surface area contributed by atoms with Crippen LogP contribution in [0.1, 0.15) is 19.4 Å². The SMILES string of the molecule is COc1ccc(C[C@H](C)NC(C)=O)cc1SOON. The first-order valence-electron chi connectivity index (χ1n) is 5.71. The maximum Gasteiger partial charge on any atom is 0.217 e. The van der Waals surface area contributed by atoms with E-state index in [9.17, 15) is 4.79 Å². The summed E-state index contributed by atoms with van der Waals surface area (Å²) in [5.74, 6) is 5.43. The smallest absolute Gasteiger partial charge is 0.217 e. The van der Waals surface area contributed by atoms with Gasteiger partial charge < -0.3 is 10.1 Å². The van der Waals surface area contributed by atoms with Crippen LogP contribution < -0.4 is 16.0 Å². The molecule has 106 valence electrons. The minimum absolute atomic E-state index is 0.0459. The summed E-state index contributed by atoms with van der Waals surface area (Å²) in [6, 6.07) is 5.72. The zero-order valence-corrected chi connectivity index (χ0v) is 12.0. The lowest BCUT2D eigenvalue weighted by molar-refractivity contribution is -0.195. The molecule has 0 saturated carbocycles. The lowest BCUT2D eigenvalue weighted by atomic mass is 10.1. The molecule has 0 aliphatic rings. The minimum atomic E-state index is -0.0459. The molecule has 1 atom stereocenters. The Balaban J connectivity index is 2.76. The molecule has 0 saturated heterocycles. The molecule has 0 aliphatic heterocycles. The Morgan fingerprint density at radius 1 is 1.53 bits per heavy atom. The molecule has 1 aromatic rings. The first-order valence-corrected chi connectivity index (χ1v) is 6.45. The van der Waals surface area contributed by atoms with Crippen LogP contribution in [-0.4, -0.2) is 19.1 Å². The monoisotopic (exact) mass is 286 g/mol. The molecule has 0 spiro atoms. The van der Waals surface area contributed by atoms with Crippen LogP contribution in [0, 0.1) is 0 Å². The van der Waals surface area contributed by atoms with Gasteiger partial charge in [-0.3, -0.25) is 4.79 Å². The van der Waals surface area contributed by atoms with E-state index < -0.39 is 0 Å². The molecular formula is C12H18N2O4S. The molecule has 19 heavy (non-hydrogen) atoms. The highest BCUT2D eigenvalue weighted by molar-refractivity contribution is 7.94. The summed E-state index contributed by atoms with van der Waals surface area (Å²) < 4.78 is 9.83. The number of nitrogens with one attached hydrogen (secondary N) is 1. The third-order valence-electron chi connectivity index (χ3n) is 2.38. The Labute approximate surface area is 116 Å². The van der Waals surface area contributed by atoms with Gasteiger partial charge in [-0.05, 0) is 31.0 Å². The summed E-state index contributed by atoms with van der Waals surface area (Å²) in [5.41, 5.74) is 1.05. The summed E-state index contributed by atoms with van der Waals surface area (Å²) in [6.45, 7) is 3.44. The Kier molecular flexibility index (Phi) is 6.65. The molecule has 0 fully saturated rings. The third kappa shape index (κ3) is 5.48. The predicted octanol–water partition coefficient (Wildman–Crippen LogP) is 1.59. The fraction of sp³-hybridized carbons (Fsp3) is 0.417. The van der Waals surface area contributed by atoms with E-state index in [0.717, 1.165) is 22.5 Å². The predicted molar refractivity (Wildman–Crippen MR) is 72.2 cm³/mol. The Bertz CT molecular complexity index is 428. The van der Waals surface area contributed by atoms with E-state index >= 15 is 0 Å². The topological polar surface area (TPSA) is 82.8 Å². The van der Waals surface area contributed by atoms with Crippen molar-refractivity contribution in [2.24, 2.45) is 5.90 Å². The van der Waals surface area contributed by atoms with Crippen LogP contribution in [0.3, 0.4) is 0 Å². The highest BCUT2D eigenvalue weighted by Gasteiger charge is 2.10. The number of methoxy groups -OCH3 is 1. The van der Waals surface area contributed by atoms with Crippen LogP contribution >= 0.6 is 12.0 Å². The molecular weight excluding hydrogens is 268 g/mol. The van der Waals surface area contributed by atoms with E-state index in [1.54, 1.807) is 7.11 Å². The second kappa shape index (κ2) is 8.00. The zero-order valence-electron chi connectivity index (χ0n) is 11.1. The molecule has 0 radical (unpaired) electrons. The van der Waals surface area contributed by atoms with Gasteiger partial charge in [0.15, 0.2) is 0 Å². The first-order chi connectivity index (χ1) is 9.06. The van der Waals surface area contributed by atoms with Crippen molar-refractivity contribution in [3.63, 3.8) is 0 Å². The molecule has 0 unspecified atom stereocenters. The molecule has 0 bridgehead atoms. The lowest BCUT2D eigenvalue weighted by Crippen LogP contribution is -2.32. The molecule has 1 aromatic carbocycles. The van der Waals surface area contributed by atoms with Gasteiger partial charge in [-0.25, -0.2) is 0 Å². The number of amides is 1. The molecule has 3 N–H and O–H groups in total. The highest BCUT2D eigenvalue weighted by Crippen LogP contribution is 2.31. The number of ether oxygens (including phenoxy) is 1. The van der Waals surface area contributed by atoms with E-state index in [1.165, 1.54) is 6.92 Å². The van der Waals surface area contributed by atoms with E-state index in [0.29, 0.717) is 12.2 Å². The van der Waals surface area contributed by atoms with Gasteiger partial charge in [-0.2, -0.15) is 5.90 Å². The first kappa shape index (κ1) is 15.8. The van der Waals surface area contributed by atoms with Crippen molar-refractivity contribution in [1.29, 1.82) is 0 Å². The van der Waals surface area contributed by atoms with Gasteiger partial charge in [0.05, 0.1) is 24.0 Å². The molecule has 1 amide bonds. The summed E-state index contributed by atoms with van der Waals surface area (Å²) in [5, 5.41) is 2.83. The summed E-state index contributed by atoms with van der Waals surface area (Å²) in [4.78, 5) is 15.8. The van der Waals surface area contributed by atoms with Crippen LogP contribution in [0.25, 0.3) is 0 Å². The van der Waals surface area contributed by atoms with Gasteiger partial charge in [0.2, 0.25) is 5.91 Å². The quantitative estimate of drug-likeness (QED) is 0.450. The standard InChI is InChI=1S/C12H18N2O4S/c1-8(14-9(2)15)6-10-4-5-11(16-3)12(7-10)19-18-17-13/h4-5,7-8H,6,13H2,1-3H3,(H,14,15)/t8-/m0/s1. The van der Waals surface area contributed by atoms with Crippen LogP contribution in [0.5, 0.6) is 5.75 Å². The van der Waals surface area contributed by atoms with Crippen LogP contribution in [0.4, 0.5) is 0 Å². The van der Waals surface area contributed by atoms with E-state index in [1.807, 2.05) is 25.1 Å². The summed E-state index contributed by atoms with van der Waals surface area (Å²) in [7, 11) is 1.57. The lowest BCUT2D eigenvalue weighted by Gasteiger charge is -2.14. The number of nitrogens with two attached hydrogens (primary N) is 1. The summed E-state index contributed by atoms with van der Waals surface area (Å²) >= 11 is 0.967. The fourth-order valence-corrected chi connectivity index (χ4v) is 2.27.